The minimum absolute atomic E-state index is 0.329. The van der Waals surface area contributed by atoms with Gasteiger partial charge in [0.15, 0.2) is 0 Å². The molecule has 1 aliphatic carbocycles. The average molecular weight is 226 g/mol. The molecule has 2 rings (SSSR count). The predicted molar refractivity (Wildman–Crippen MR) is 62.2 cm³/mol. The molecule has 0 spiro atoms. The van der Waals surface area contributed by atoms with Crippen molar-refractivity contribution in [3.8, 4) is 0 Å². The number of hydrogen-bond donors (Lipinski definition) is 1. The van der Waals surface area contributed by atoms with Crippen molar-refractivity contribution in [3.05, 3.63) is 17.8 Å². The first-order valence-electron chi connectivity index (χ1n) is 5.43. The van der Waals surface area contributed by atoms with E-state index in [-0.39, 0.29) is 0 Å². The van der Waals surface area contributed by atoms with Crippen LogP contribution < -0.4 is 5.32 Å². The van der Waals surface area contributed by atoms with Gasteiger partial charge >= 0.3 is 0 Å². The summed E-state index contributed by atoms with van der Waals surface area (Å²) < 4.78 is 0. The third kappa shape index (κ3) is 2.81. The Morgan fingerprint density at radius 2 is 2.40 bits per heavy atom. The molecule has 1 aromatic heterocycles. The molecule has 2 atom stereocenters. The lowest BCUT2D eigenvalue weighted by atomic mass is 10.1. The Hall–Kier alpha value is -0.830. The Bertz CT molecular complexity index is 329. The molecule has 1 N–H and O–H groups in total. The van der Waals surface area contributed by atoms with Gasteiger partial charge in [-0.15, -0.1) is 16.7 Å². The summed E-state index contributed by atoms with van der Waals surface area (Å²) in [6.45, 7) is 2.92. The van der Waals surface area contributed by atoms with Crippen molar-refractivity contribution in [1.82, 2.24) is 10.2 Å². The molecule has 82 valence electrons. The summed E-state index contributed by atoms with van der Waals surface area (Å²) in [5.41, 5.74) is 1.13. The molecule has 3 nitrogen and oxygen atoms in total. The van der Waals surface area contributed by atoms with Crippen LogP contribution in [0.5, 0.6) is 0 Å². The summed E-state index contributed by atoms with van der Waals surface area (Å²) in [6.07, 6.45) is 5.37. The summed E-state index contributed by atoms with van der Waals surface area (Å²) in [5, 5.41) is 11.6. The zero-order valence-electron chi connectivity index (χ0n) is 8.91. The third-order valence-electron chi connectivity index (χ3n) is 2.90. The lowest BCUT2D eigenvalue weighted by Crippen LogP contribution is -2.19. The quantitative estimate of drug-likeness (QED) is 0.804. The van der Waals surface area contributed by atoms with E-state index in [9.17, 15) is 0 Å². The van der Waals surface area contributed by atoms with Crippen molar-refractivity contribution in [3.63, 3.8) is 0 Å². The maximum atomic E-state index is 6.20. The van der Waals surface area contributed by atoms with E-state index < -0.39 is 0 Å². The number of nitrogens with zero attached hydrogens (tertiary/aromatic N) is 2. The highest BCUT2D eigenvalue weighted by atomic mass is 35.5. The van der Waals surface area contributed by atoms with Crippen LogP contribution in [0, 0.1) is 12.8 Å². The van der Waals surface area contributed by atoms with Crippen molar-refractivity contribution in [1.29, 1.82) is 0 Å². The topological polar surface area (TPSA) is 37.8 Å². The van der Waals surface area contributed by atoms with E-state index in [1.807, 2.05) is 13.0 Å². The minimum Gasteiger partial charge on any atom is -0.368 e. The van der Waals surface area contributed by atoms with Gasteiger partial charge in [0.2, 0.25) is 0 Å². The van der Waals surface area contributed by atoms with Crippen LogP contribution in [0.2, 0.25) is 0 Å². The first-order valence-corrected chi connectivity index (χ1v) is 5.86. The van der Waals surface area contributed by atoms with E-state index in [4.69, 9.17) is 11.6 Å². The average Bonchev–Trinajstić information content (AvgIpc) is 2.61. The fourth-order valence-corrected chi connectivity index (χ4v) is 2.38. The molecular formula is C11H16ClN3. The van der Waals surface area contributed by atoms with Crippen LogP contribution in [0.25, 0.3) is 0 Å². The largest absolute Gasteiger partial charge is 0.368 e. The molecule has 15 heavy (non-hydrogen) atoms. The molecule has 1 heterocycles. The number of hydrogen-bond acceptors (Lipinski definition) is 3. The SMILES string of the molecule is Cc1cnnc(NCC2CCCC2Cl)c1. The standard InChI is InChI=1S/C11H16ClN3/c1-8-5-11(15-14-6-8)13-7-9-3-2-4-10(9)12/h5-6,9-10H,2-4,7H2,1H3,(H,13,15). The maximum absolute atomic E-state index is 6.20. The molecule has 1 aliphatic rings. The van der Waals surface area contributed by atoms with Gasteiger partial charge in [-0.2, -0.15) is 5.10 Å². The van der Waals surface area contributed by atoms with Crippen LogP contribution in [0.3, 0.4) is 0 Å². The van der Waals surface area contributed by atoms with Crippen molar-refractivity contribution in [2.75, 3.05) is 11.9 Å². The van der Waals surface area contributed by atoms with Gasteiger partial charge in [-0.25, -0.2) is 0 Å². The van der Waals surface area contributed by atoms with E-state index in [2.05, 4.69) is 15.5 Å². The van der Waals surface area contributed by atoms with Crippen LogP contribution in [0.4, 0.5) is 5.82 Å². The summed E-state index contributed by atoms with van der Waals surface area (Å²) in [5.74, 6) is 1.43. The fourth-order valence-electron chi connectivity index (χ4n) is 2.01. The lowest BCUT2D eigenvalue weighted by molar-refractivity contribution is 0.584. The second-order valence-electron chi connectivity index (χ2n) is 4.21. The Morgan fingerprint density at radius 1 is 1.53 bits per heavy atom. The highest BCUT2D eigenvalue weighted by Gasteiger charge is 2.24. The third-order valence-corrected chi connectivity index (χ3v) is 3.48. The molecule has 1 aromatic rings. The van der Waals surface area contributed by atoms with E-state index >= 15 is 0 Å². The van der Waals surface area contributed by atoms with Crippen molar-refractivity contribution in [2.45, 2.75) is 31.6 Å². The van der Waals surface area contributed by atoms with Crippen LogP contribution in [-0.4, -0.2) is 22.1 Å². The number of rotatable bonds is 3. The molecule has 0 saturated heterocycles. The summed E-state index contributed by atoms with van der Waals surface area (Å²) >= 11 is 6.20. The number of alkyl halides is 1. The number of nitrogens with one attached hydrogen (secondary N) is 1. The van der Waals surface area contributed by atoms with Crippen LogP contribution in [0.15, 0.2) is 12.3 Å². The molecule has 0 aliphatic heterocycles. The zero-order chi connectivity index (χ0) is 10.7. The summed E-state index contributed by atoms with van der Waals surface area (Å²) in [6, 6.07) is 2.01. The number of halogens is 1. The highest BCUT2D eigenvalue weighted by Crippen LogP contribution is 2.30. The molecule has 0 bridgehead atoms. The van der Waals surface area contributed by atoms with Gasteiger partial charge in [-0.3, -0.25) is 0 Å². The van der Waals surface area contributed by atoms with Crippen LogP contribution in [-0.2, 0) is 0 Å². The smallest absolute Gasteiger partial charge is 0.148 e. The predicted octanol–water partition coefficient (Wildman–Crippen LogP) is 2.60. The molecule has 1 fully saturated rings. The van der Waals surface area contributed by atoms with E-state index in [0.29, 0.717) is 11.3 Å². The summed E-state index contributed by atoms with van der Waals surface area (Å²) in [4.78, 5) is 0. The van der Waals surface area contributed by atoms with Gasteiger partial charge < -0.3 is 5.32 Å². The minimum atomic E-state index is 0.329. The second kappa shape index (κ2) is 4.79. The second-order valence-corrected chi connectivity index (χ2v) is 4.77. The van der Waals surface area contributed by atoms with Gasteiger partial charge in [0.25, 0.3) is 0 Å². The van der Waals surface area contributed by atoms with Gasteiger partial charge in [0.05, 0.1) is 6.20 Å². The zero-order valence-corrected chi connectivity index (χ0v) is 9.67. The van der Waals surface area contributed by atoms with Gasteiger partial charge in [0.1, 0.15) is 5.82 Å². The first kappa shape index (κ1) is 10.7. The number of aryl methyl sites for hydroxylation is 1. The Kier molecular flexibility index (Phi) is 3.41. The first-order chi connectivity index (χ1) is 7.25. The normalized spacial score (nSPS) is 25.5. The monoisotopic (exact) mass is 225 g/mol. The van der Waals surface area contributed by atoms with E-state index in [1.54, 1.807) is 6.20 Å². The fraction of sp³-hybridized carbons (Fsp3) is 0.636. The maximum Gasteiger partial charge on any atom is 0.148 e. The van der Waals surface area contributed by atoms with Crippen molar-refractivity contribution < 1.29 is 0 Å². The van der Waals surface area contributed by atoms with E-state index in [1.165, 1.54) is 12.8 Å². The molecule has 0 radical (unpaired) electrons. The Balaban J connectivity index is 1.87. The van der Waals surface area contributed by atoms with Crippen molar-refractivity contribution >= 4 is 17.4 Å². The Morgan fingerprint density at radius 3 is 3.07 bits per heavy atom. The molecule has 2 unspecified atom stereocenters. The molecule has 1 saturated carbocycles. The summed E-state index contributed by atoms with van der Waals surface area (Å²) in [7, 11) is 0. The number of aromatic nitrogens is 2. The van der Waals surface area contributed by atoms with Gasteiger partial charge in [-0.05, 0) is 37.3 Å². The molecule has 0 aromatic carbocycles. The van der Waals surface area contributed by atoms with Crippen LogP contribution >= 0.6 is 11.6 Å². The number of anilines is 1. The molecular weight excluding hydrogens is 210 g/mol. The highest BCUT2D eigenvalue weighted by molar-refractivity contribution is 6.20. The molecule has 4 heteroatoms. The van der Waals surface area contributed by atoms with Gasteiger partial charge in [-0.1, -0.05) is 6.42 Å². The molecule has 0 amide bonds. The van der Waals surface area contributed by atoms with Gasteiger partial charge in [0, 0.05) is 11.9 Å². The van der Waals surface area contributed by atoms with E-state index in [0.717, 1.165) is 24.3 Å². The van der Waals surface area contributed by atoms with Crippen LogP contribution in [0.1, 0.15) is 24.8 Å². The lowest BCUT2D eigenvalue weighted by Gasteiger charge is -2.14. The Labute approximate surface area is 95.2 Å². The van der Waals surface area contributed by atoms with Crippen molar-refractivity contribution in [2.24, 2.45) is 5.92 Å².